The molecule has 0 bridgehead atoms. The predicted molar refractivity (Wildman–Crippen MR) is 115 cm³/mol. The molecule has 1 N–H and O–H groups in total. The molecular weight excluding hydrogens is 446 g/mol. The second-order valence-corrected chi connectivity index (χ2v) is 8.87. The molecule has 0 unspecified atom stereocenters. The minimum atomic E-state index is -3.82. The smallest absolute Gasteiger partial charge is 0.357 e. The van der Waals surface area contributed by atoms with Gasteiger partial charge in [-0.2, -0.15) is 4.37 Å². The van der Waals surface area contributed by atoms with Gasteiger partial charge >= 0.3 is 6.73 Å². The number of benzene rings is 2. The first kappa shape index (κ1) is 20.0. The molecule has 30 heavy (non-hydrogen) atoms. The fourth-order valence-corrected chi connectivity index (χ4v) is 4.70. The van der Waals surface area contributed by atoms with E-state index in [2.05, 4.69) is 23.9 Å². The zero-order chi connectivity index (χ0) is 21.1. The fraction of sp³-hybridized carbons (Fsp3) is 0.0526. The SMILES string of the molecule is [C-]#[N+]COc1cc(Cl)ccc1-c1nccc2cc(S(=O)(=O)Nc3ncns3)ccc12. The zero-order valence-corrected chi connectivity index (χ0v) is 17.5. The number of aromatic nitrogens is 3. The van der Waals surface area contributed by atoms with Crippen LogP contribution in [-0.2, 0) is 10.0 Å². The molecular formula is C19H12ClN5O3S2. The largest absolute Gasteiger partial charge is 0.425 e. The second kappa shape index (κ2) is 8.23. The van der Waals surface area contributed by atoms with Gasteiger partial charge in [-0.15, -0.1) is 0 Å². The number of anilines is 1. The molecule has 8 nitrogen and oxygen atoms in total. The molecule has 2 aromatic carbocycles. The summed E-state index contributed by atoms with van der Waals surface area (Å²) in [5.41, 5.74) is 1.24. The van der Waals surface area contributed by atoms with Crippen molar-refractivity contribution < 1.29 is 13.2 Å². The summed E-state index contributed by atoms with van der Waals surface area (Å²) in [5, 5.41) is 2.05. The van der Waals surface area contributed by atoms with Crippen LogP contribution >= 0.6 is 23.1 Å². The third kappa shape index (κ3) is 4.04. The van der Waals surface area contributed by atoms with Crippen molar-refractivity contribution >= 4 is 49.1 Å². The minimum Gasteiger partial charge on any atom is -0.425 e. The summed E-state index contributed by atoms with van der Waals surface area (Å²) in [6.45, 7) is 6.79. The number of fused-ring (bicyclic) bond motifs is 1. The van der Waals surface area contributed by atoms with E-state index in [0.717, 1.165) is 16.9 Å². The molecule has 0 spiro atoms. The average molecular weight is 458 g/mol. The maximum absolute atomic E-state index is 12.7. The van der Waals surface area contributed by atoms with E-state index in [-0.39, 0.29) is 16.8 Å². The molecule has 0 atom stereocenters. The first-order valence-corrected chi connectivity index (χ1v) is 11.1. The van der Waals surface area contributed by atoms with E-state index in [1.165, 1.54) is 12.4 Å². The Labute approximate surface area is 181 Å². The Morgan fingerprint density at radius 2 is 2.03 bits per heavy atom. The van der Waals surface area contributed by atoms with Crippen molar-refractivity contribution in [3.05, 3.63) is 71.4 Å². The summed E-state index contributed by atoms with van der Waals surface area (Å²) in [6.07, 6.45) is 2.86. The number of halogens is 1. The summed E-state index contributed by atoms with van der Waals surface area (Å²) in [7, 11) is -3.82. The van der Waals surface area contributed by atoms with Gasteiger partial charge in [0.1, 0.15) is 12.1 Å². The molecule has 0 fully saturated rings. The first-order valence-electron chi connectivity index (χ1n) is 8.42. The molecule has 4 aromatic rings. The van der Waals surface area contributed by atoms with E-state index >= 15 is 0 Å². The van der Waals surface area contributed by atoms with Crippen LogP contribution in [0.5, 0.6) is 5.75 Å². The molecule has 0 amide bonds. The van der Waals surface area contributed by atoms with Crippen molar-refractivity contribution in [2.24, 2.45) is 0 Å². The number of nitrogens with zero attached hydrogens (tertiary/aromatic N) is 4. The van der Waals surface area contributed by atoms with E-state index in [4.69, 9.17) is 22.9 Å². The van der Waals surface area contributed by atoms with Crippen molar-refractivity contribution in [1.29, 1.82) is 0 Å². The Kier molecular flexibility index (Phi) is 5.50. The van der Waals surface area contributed by atoms with E-state index in [1.54, 1.807) is 42.6 Å². The fourth-order valence-electron chi connectivity index (χ4n) is 2.84. The van der Waals surface area contributed by atoms with Crippen molar-refractivity contribution in [2.75, 3.05) is 11.5 Å². The van der Waals surface area contributed by atoms with Gasteiger partial charge in [0.25, 0.3) is 10.0 Å². The number of sulfonamides is 1. The van der Waals surface area contributed by atoms with Gasteiger partial charge in [0.15, 0.2) is 0 Å². The van der Waals surface area contributed by atoms with Crippen molar-refractivity contribution in [3.63, 3.8) is 0 Å². The Morgan fingerprint density at radius 3 is 2.80 bits per heavy atom. The number of hydrogen-bond donors (Lipinski definition) is 1. The molecule has 11 heteroatoms. The molecule has 0 aliphatic carbocycles. The summed E-state index contributed by atoms with van der Waals surface area (Å²) >= 11 is 7.02. The monoisotopic (exact) mass is 457 g/mol. The van der Waals surface area contributed by atoms with Crippen LogP contribution in [0, 0.1) is 6.57 Å². The van der Waals surface area contributed by atoms with Crippen molar-refractivity contribution in [1.82, 2.24) is 14.3 Å². The molecule has 0 aliphatic rings. The summed E-state index contributed by atoms with van der Waals surface area (Å²) in [6, 6.07) is 11.5. The van der Waals surface area contributed by atoms with Crippen LogP contribution in [0.4, 0.5) is 5.13 Å². The normalized spacial score (nSPS) is 11.2. The molecule has 150 valence electrons. The first-order chi connectivity index (χ1) is 14.5. The number of nitrogens with one attached hydrogen (secondary N) is 1. The molecule has 2 aromatic heterocycles. The highest BCUT2D eigenvalue weighted by molar-refractivity contribution is 7.93. The highest BCUT2D eigenvalue weighted by Crippen LogP contribution is 2.36. The van der Waals surface area contributed by atoms with Gasteiger partial charge < -0.3 is 4.74 Å². The standard InChI is InChI=1S/C19H12ClN5O3S2/c1-21-11-28-17-9-13(20)2-4-16(17)18-15-5-3-14(8-12(15)6-7-22-18)30(26,27)25-19-23-10-24-29-19/h2-10H,11H2,(H,23,24,25). The Morgan fingerprint density at radius 1 is 1.17 bits per heavy atom. The molecule has 0 saturated carbocycles. The number of ether oxygens (including phenoxy) is 1. The van der Waals surface area contributed by atoms with Crippen molar-refractivity contribution in [3.8, 4) is 17.0 Å². The van der Waals surface area contributed by atoms with E-state index < -0.39 is 10.0 Å². The van der Waals surface area contributed by atoms with Gasteiger partial charge in [0, 0.05) is 33.7 Å². The number of hydrogen-bond acceptors (Lipinski definition) is 7. The van der Waals surface area contributed by atoms with E-state index in [0.29, 0.717) is 27.4 Å². The van der Waals surface area contributed by atoms with Crippen LogP contribution < -0.4 is 9.46 Å². The molecule has 4 rings (SSSR count). The summed E-state index contributed by atoms with van der Waals surface area (Å²) < 4.78 is 37.0. The average Bonchev–Trinajstić information content (AvgIpc) is 3.24. The Balaban J connectivity index is 1.79. The van der Waals surface area contributed by atoms with E-state index in [9.17, 15) is 8.42 Å². The lowest BCUT2D eigenvalue weighted by Gasteiger charge is -2.12. The van der Waals surface area contributed by atoms with Gasteiger partial charge in [-0.05, 0) is 41.8 Å². The quantitative estimate of drug-likeness (QED) is 0.429. The second-order valence-electron chi connectivity index (χ2n) is 5.97. The van der Waals surface area contributed by atoms with Crippen LogP contribution in [-0.4, -0.2) is 29.5 Å². The lowest BCUT2D eigenvalue weighted by molar-refractivity contribution is 0.362. The third-order valence-corrected chi connectivity index (χ3v) is 6.39. The van der Waals surface area contributed by atoms with Crippen LogP contribution in [0.1, 0.15) is 0 Å². The summed E-state index contributed by atoms with van der Waals surface area (Å²) in [5.74, 6) is 0.424. The molecule has 0 aliphatic heterocycles. The van der Waals surface area contributed by atoms with Crippen LogP contribution in [0.2, 0.25) is 5.02 Å². The topological polar surface area (TPSA) is 98.4 Å². The molecule has 2 heterocycles. The van der Waals surface area contributed by atoms with Gasteiger partial charge in [-0.25, -0.2) is 20.0 Å². The zero-order valence-electron chi connectivity index (χ0n) is 15.1. The van der Waals surface area contributed by atoms with Gasteiger partial charge in [-0.3, -0.25) is 14.6 Å². The van der Waals surface area contributed by atoms with E-state index in [1.807, 2.05) is 0 Å². The Bertz CT molecular complexity index is 1370. The minimum absolute atomic E-state index is 0.0861. The number of pyridine rings is 1. The number of rotatable bonds is 6. The lowest BCUT2D eigenvalue weighted by atomic mass is 10.0. The lowest BCUT2D eigenvalue weighted by Crippen LogP contribution is -2.12. The van der Waals surface area contributed by atoms with Crippen molar-refractivity contribution in [2.45, 2.75) is 4.90 Å². The maximum atomic E-state index is 12.7. The van der Waals surface area contributed by atoms with Crippen LogP contribution in [0.15, 0.2) is 59.9 Å². The molecule has 0 saturated heterocycles. The van der Waals surface area contributed by atoms with Gasteiger partial charge in [0.05, 0.1) is 10.6 Å². The predicted octanol–water partition coefficient (Wildman–Crippen LogP) is 4.46. The highest BCUT2D eigenvalue weighted by Gasteiger charge is 2.18. The van der Waals surface area contributed by atoms with Gasteiger partial charge in [0.2, 0.25) is 5.13 Å². The maximum Gasteiger partial charge on any atom is 0.357 e. The molecule has 0 radical (unpaired) electrons. The van der Waals surface area contributed by atoms with Crippen LogP contribution in [0.25, 0.3) is 26.9 Å². The highest BCUT2D eigenvalue weighted by atomic mass is 35.5. The van der Waals surface area contributed by atoms with Crippen LogP contribution in [0.3, 0.4) is 0 Å². The summed E-state index contributed by atoms with van der Waals surface area (Å²) in [4.78, 5) is 11.6. The Hall–Kier alpha value is -3.26. The van der Waals surface area contributed by atoms with Gasteiger partial charge in [-0.1, -0.05) is 17.7 Å². The third-order valence-electron chi connectivity index (χ3n) is 4.11.